The number of rotatable bonds is 6. The Kier molecular flexibility index (Phi) is 8.41. The molecule has 1 aliphatic carbocycles. The summed E-state index contributed by atoms with van der Waals surface area (Å²) >= 11 is 4.96. The molecule has 0 saturated heterocycles. The van der Waals surface area contributed by atoms with Crippen LogP contribution in [0.5, 0.6) is 0 Å². The largest absolute Gasteiger partial charge is 0.317 e. The highest BCUT2D eigenvalue weighted by atomic mass is 32.1. The van der Waals surface area contributed by atoms with Crippen molar-refractivity contribution < 1.29 is 13.6 Å². The minimum atomic E-state index is -2.56. The van der Waals surface area contributed by atoms with Gasteiger partial charge in [-0.15, -0.1) is 0 Å². The predicted octanol–water partition coefficient (Wildman–Crippen LogP) is 5.40. The summed E-state index contributed by atoms with van der Waals surface area (Å²) in [6, 6.07) is 9.20. The molecule has 29 heavy (non-hydrogen) atoms. The van der Waals surface area contributed by atoms with Crippen LogP contribution in [0.2, 0.25) is 0 Å². The van der Waals surface area contributed by atoms with Crippen molar-refractivity contribution in [2.75, 3.05) is 23.0 Å². The molecule has 0 atom stereocenters. The van der Waals surface area contributed by atoms with Crippen molar-refractivity contribution in [3.05, 3.63) is 34.7 Å². The van der Waals surface area contributed by atoms with Gasteiger partial charge in [0.2, 0.25) is 12.3 Å². The van der Waals surface area contributed by atoms with Crippen LogP contribution >= 0.6 is 24.0 Å². The van der Waals surface area contributed by atoms with Gasteiger partial charge < -0.3 is 10.2 Å². The fourth-order valence-corrected chi connectivity index (χ4v) is 4.14. The Balaban J connectivity index is 0.00000145. The number of aryl methyl sites for hydroxylation is 1. The number of amides is 1. The van der Waals surface area contributed by atoms with E-state index in [1.165, 1.54) is 11.3 Å². The summed E-state index contributed by atoms with van der Waals surface area (Å²) in [5.74, 6) is -1.93. The highest BCUT2D eigenvalue weighted by Gasteiger charge is 2.35. The monoisotopic (exact) mass is 438 g/mol. The highest BCUT2D eigenvalue weighted by Crippen LogP contribution is 2.39. The van der Waals surface area contributed by atoms with Crippen LogP contribution < -0.4 is 10.2 Å². The van der Waals surface area contributed by atoms with Crippen molar-refractivity contribution in [2.45, 2.75) is 38.5 Å². The zero-order chi connectivity index (χ0) is 21.4. The van der Waals surface area contributed by atoms with Crippen LogP contribution in [0.4, 0.5) is 25.4 Å². The number of benzene rings is 1. The lowest BCUT2D eigenvalue weighted by molar-refractivity contribution is -0.105. The van der Waals surface area contributed by atoms with Gasteiger partial charge in [-0.2, -0.15) is 17.9 Å². The third-order valence-corrected chi connectivity index (χ3v) is 5.79. The Morgan fingerprint density at radius 2 is 1.97 bits per heavy atom. The Labute approximate surface area is 179 Å². The van der Waals surface area contributed by atoms with Crippen LogP contribution in [0.15, 0.2) is 24.3 Å². The third-order valence-electron chi connectivity index (χ3n) is 4.80. The smallest absolute Gasteiger partial charge is 0.248 e. The number of aromatic nitrogens is 1. The number of alkyl halides is 2. The summed E-state index contributed by atoms with van der Waals surface area (Å²) in [6.07, 6.45) is 3.02. The molecule has 0 bridgehead atoms. The summed E-state index contributed by atoms with van der Waals surface area (Å²) in [4.78, 5) is 18.1. The van der Waals surface area contributed by atoms with E-state index in [-0.39, 0.29) is 18.8 Å². The molecule has 3 rings (SSSR count). The van der Waals surface area contributed by atoms with E-state index in [0.29, 0.717) is 42.3 Å². The SMILES string of the molecule is CS.Cc1sc(N(CC2CCC(F)(F)CC2)c2ccc(C#N)cc2)nc1NC=O. The zero-order valence-electron chi connectivity index (χ0n) is 16.4. The Hall–Kier alpha value is -2.18. The second kappa shape index (κ2) is 10.6. The number of carbonyl (C=O) groups excluding carboxylic acids is 1. The molecule has 1 saturated carbocycles. The van der Waals surface area contributed by atoms with Crippen molar-refractivity contribution in [3.63, 3.8) is 0 Å². The maximum Gasteiger partial charge on any atom is 0.248 e. The molecule has 0 radical (unpaired) electrons. The van der Waals surface area contributed by atoms with Gasteiger partial charge in [0.1, 0.15) is 5.82 Å². The van der Waals surface area contributed by atoms with Crippen molar-refractivity contribution >= 4 is 47.0 Å². The number of nitrogens with one attached hydrogen (secondary N) is 1. The van der Waals surface area contributed by atoms with E-state index < -0.39 is 5.92 Å². The number of anilines is 3. The average molecular weight is 439 g/mol. The molecule has 1 aromatic heterocycles. The summed E-state index contributed by atoms with van der Waals surface area (Å²) in [6.45, 7) is 2.43. The second-order valence-electron chi connectivity index (χ2n) is 6.73. The van der Waals surface area contributed by atoms with Crippen molar-refractivity contribution in [1.29, 1.82) is 5.26 Å². The third kappa shape index (κ3) is 6.15. The molecule has 0 spiro atoms. The predicted molar refractivity (Wildman–Crippen MR) is 117 cm³/mol. The van der Waals surface area contributed by atoms with Gasteiger partial charge in [0.15, 0.2) is 5.13 Å². The van der Waals surface area contributed by atoms with Crippen LogP contribution in [-0.4, -0.2) is 30.1 Å². The van der Waals surface area contributed by atoms with Crippen LogP contribution in [-0.2, 0) is 4.79 Å². The molecule has 0 unspecified atom stereocenters. The molecule has 1 amide bonds. The molecular formula is C20H24F2N4OS2. The van der Waals surface area contributed by atoms with Crippen molar-refractivity contribution in [1.82, 2.24) is 4.98 Å². The molecule has 1 aliphatic rings. The van der Waals surface area contributed by atoms with E-state index in [0.717, 1.165) is 10.6 Å². The molecular weight excluding hydrogens is 414 g/mol. The number of nitrogens with zero attached hydrogens (tertiary/aromatic N) is 3. The highest BCUT2D eigenvalue weighted by molar-refractivity contribution is 7.79. The van der Waals surface area contributed by atoms with E-state index >= 15 is 0 Å². The van der Waals surface area contributed by atoms with E-state index in [1.54, 1.807) is 18.4 Å². The van der Waals surface area contributed by atoms with Crippen LogP contribution in [0, 0.1) is 24.2 Å². The van der Waals surface area contributed by atoms with E-state index in [9.17, 15) is 13.6 Å². The summed E-state index contributed by atoms with van der Waals surface area (Å²) in [7, 11) is 0. The van der Waals surface area contributed by atoms with Gasteiger partial charge in [-0.05, 0) is 56.2 Å². The average Bonchev–Trinajstić information content (AvgIpc) is 3.09. The number of hydrogen-bond acceptors (Lipinski definition) is 6. The lowest BCUT2D eigenvalue weighted by Crippen LogP contribution is -2.31. The first-order chi connectivity index (χ1) is 13.9. The van der Waals surface area contributed by atoms with E-state index in [4.69, 9.17) is 5.26 Å². The second-order valence-corrected chi connectivity index (χ2v) is 7.91. The maximum absolute atomic E-state index is 13.5. The van der Waals surface area contributed by atoms with Crippen molar-refractivity contribution in [2.24, 2.45) is 5.92 Å². The first kappa shape index (κ1) is 23.1. The number of carbonyl (C=O) groups is 1. The molecule has 1 N–H and O–H groups in total. The van der Waals surface area contributed by atoms with Gasteiger partial charge in [0.05, 0.1) is 11.6 Å². The number of thiol groups is 1. The van der Waals surface area contributed by atoms with Crippen LogP contribution in [0.1, 0.15) is 36.1 Å². The summed E-state index contributed by atoms with van der Waals surface area (Å²) in [5.41, 5.74) is 1.40. The van der Waals surface area contributed by atoms with Gasteiger partial charge in [-0.1, -0.05) is 11.3 Å². The topological polar surface area (TPSA) is 69.0 Å². The minimum Gasteiger partial charge on any atom is -0.317 e. The first-order valence-corrected chi connectivity index (χ1v) is 10.9. The fourth-order valence-electron chi connectivity index (χ4n) is 3.24. The van der Waals surface area contributed by atoms with Gasteiger partial charge in [0, 0.05) is 30.0 Å². The Morgan fingerprint density at radius 1 is 1.34 bits per heavy atom. The molecule has 0 aliphatic heterocycles. The van der Waals surface area contributed by atoms with Gasteiger partial charge in [0.25, 0.3) is 0 Å². The molecule has 156 valence electrons. The Bertz CT molecular complexity index is 839. The molecule has 1 heterocycles. The standard InChI is InChI=1S/C19H20F2N4OS.CH4S/c1-13-17(23-12-26)24-18(27-13)25(16-4-2-14(10-22)3-5-16)11-15-6-8-19(20,21)9-7-15;1-2/h2-5,12,15H,6-9,11H2,1H3,(H,23,26);2H,1H3. The maximum atomic E-state index is 13.5. The number of hydrogen-bond donors (Lipinski definition) is 2. The van der Waals surface area contributed by atoms with Gasteiger partial charge >= 0.3 is 0 Å². The quantitative estimate of drug-likeness (QED) is 0.468. The van der Waals surface area contributed by atoms with Gasteiger partial charge in [-0.25, -0.2) is 13.8 Å². The normalized spacial score (nSPS) is 15.6. The zero-order valence-corrected chi connectivity index (χ0v) is 18.1. The van der Waals surface area contributed by atoms with Crippen molar-refractivity contribution in [3.8, 4) is 6.07 Å². The van der Waals surface area contributed by atoms with Crippen LogP contribution in [0.3, 0.4) is 0 Å². The number of nitriles is 1. The fraction of sp³-hybridized carbons (Fsp3) is 0.450. The first-order valence-electron chi connectivity index (χ1n) is 9.20. The minimum absolute atomic E-state index is 0.0896. The summed E-state index contributed by atoms with van der Waals surface area (Å²) in [5, 5.41) is 12.3. The van der Waals surface area contributed by atoms with Gasteiger partial charge in [-0.3, -0.25) is 4.79 Å². The summed E-state index contributed by atoms with van der Waals surface area (Å²) < 4.78 is 27.0. The number of halogens is 2. The van der Waals surface area contributed by atoms with E-state index in [1.807, 2.05) is 24.0 Å². The molecule has 9 heteroatoms. The molecule has 1 aromatic carbocycles. The van der Waals surface area contributed by atoms with Crippen LogP contribution in [0.25, 0.3) is 0 Å². The number of thiazole rings is 1. The lowest BCUT2D eigenvalue weighted by atomic mass is 9.86. The Morgan fingerprint density at radius 3 is 2.52 bits per heavy atom. The lowest BCUT2D eigenvalue weighted by Gasteiger charge is -2.32. The van der Waals surface area contributed by atoms with E-state index in [2.05, 4.69) is 29.0 Å². The molecule has 5 nitrogen and oxygen atoms in total. The molecule has 2 aromatic rings. The molecule has 1 fully saturated rings.